The Kier molecular flexibility index (Phi) is 5.12. The molecule has 0 aliphatic carbocycles. The van der Waals surface area contributed by atoms with Crippen LogP contribution in [0.25, 0.3) is 10.9 Å². The molecule has 1 heterocycles. The summed E-state index contributed by atoms with van der Waals surface area (Å²) >= 11 is 0. The predicted molar refractivity (Wildman–Crippen MR) is 96.6 cm³/mol. The lowest BCUT2D eigenvalue weighted by atomic mass is 10.1. The fourth-order valence-electron chi connectivity index (χ4n) is 2.76. The number of aryl methyl sites for hydroxylation is 1. The molecule has 6 heteroatoms. The molecule has 0 aliphatic rings. The molecule has 0 spiro atoms. The second-order valence-corrected chi connectivity index (χ2v) is 5.88. The lowest BCUT2D eigenvalue weighted by molar-refractivity contribution is -0.132. The second kappa shape index (κ2) is 7.65. The summed E-state index contributed by atoms with van der Waals surface area (Å²) in [6, 6.07) is 16.4. The van der Waals surface area contributed by atoms with Gasteiger partial charge in [0.05, 0.1) is 12.0 Å². The minimum atomic E-state index is -0.656. The molecule has 0 atom stereocenters. The van der Waals surface area contributed by atoms with Crippen molar-refractivity contribution in [3.63, 3.8) is 0 Å². The van der Waals surface area contributed by atoms with Gasteiger partial charge in [-0.1, -0.05) is 48.5 Å². The molecular formula is C20H18N2O4. The van der Waals surface area contributed by atoms with Gasteiger partial charge in [-0.15, -0.1) is 0 Å². The molecule has 132 valence electrons. The van der Waals surface area contributed by atoms with Crippen LogP contribution < -0.4 is 5.32 Å². The molecule has 1 aromatic heterocycles. The Balaban J connectivity index is 1.56. The quantitative estimate of drug-likeness (QED) is 0.692. The van der Waals surface area contributed by atoms with Crippen molar-refractivity contribution >= 4 is 28.7 Å². The van der Waals surface area contributed by atoms with E-state index >= 15 is 0 Å². The highest BCUT2D eigenvalue weighted by atomic mass is 16.5. The van der Waals surface area contributed by atoms with Crippen LogP contribution in [0.5, 0.6) is 0 Å². The third-order valence-electron chi connectivity index (χ3n) is 3.92. The summed E-state index contributed by atoms with van der Waals surface area (Å²) in [4.78, 5) is 39.1. The van der Waals surface area contributed by atoms with Crippen molar-refractivity contribution in [1.82, 2.24) is 10.3 Å². The minimum Gasteiger partial charge on any atom is -0.452 e. The number of fused-ring (bicyclic) bond motifs is 1. The SMILES string of the molecule is Cc1[nH]c2ccccc2c1C(=O)OCC(=O)NC(=O)Cc1ccccc1. The van der Waals surface area contributed by atoms with Crippen molar-refractivity contribution in [2.24, 2.45) is 0 Å². The Morgan fingerprint density at radius 3 is 2.42 bits per heavy atom. The average molecular weight is 350 g/mol. The minimum absolute atomic E-state index is 0.0854. The first-order chi connectivity index (χ1) is 12.5. The van der Waals surface area contributed by atoms with Gasteiger partial charge < -0.3 is 9.72 Å². The van der Waals surface area contributed by atoms with Gasteiger partial charge in [0, 0.05) is 16.6 Å². The van der Waals surface area contributed by atoms with Crippen LogP contribution in [-0.2, 0) is 20.7 Å². The maximum Gasteiger partial charge on any atom is 0.341 e. The number of hydrogen-bond donors (Lipinski definition) is 2. The van der Waals surface area contributed by atoms with E-state index < -0.39 is 24.4 Å². The fraction of sp³-hybridized carbons (Fsp3) is 0.150. The molecule has 0 aliphatic heterocycles. The number of benzene rings is 2. The van der Waals surface area contributed by atoms with E-state index in [9.17, 15) is 14.4 Å². The van der Waals surface area contributed by atoms with E-state index in [2.05, 4.69) is 10.3 Å². The van der Waals surface area contributed by atoms with Crippen molar-refractivity contribution in [1.29, 1.82) is 0 Å². The van der Waals surface area contributed by atoms with Crippen molar-refractivity contribution in [2.75, 3.05) is 6.61 Å². The summed E-state index contributed by atoms with van der Waals surface area (Å²) in [5.74, 6) is -1.71. The van der Waals surface area contributed by atoms with Crippen molar-refractivity contribution in [2.45, 2.75) is 13.3 Å². The predicted octanol–water partition coefficient (Wildman–Crippen LogP) is 2.52. The Hall–Kier alpha value is -3.41. The summed E-state index contributed by atoms with van der Waals surface area (Å²) in [6.07, 6.45) is 0.0854. The van der Waals surface area contributed by atoms with Crippen molar-refractivity contribution in [3.05, 3.63) is 71.4 Å². The molecule has 0 unspecified atom stereocenters. The van der Waals surface area contributed by atoms with Gasteiger partial charge in [0.2, 0.25) is 5.91 Å². The molecule has 26 heavy (non-hydrogen) atoms. The molecule has 3 rings (SSSR count). The maximum atomic E-state index is 12.3. The smallest absolute Gasteiger partial charge is 0.341 e. The summed E-state index contributed by atoms with van der Waals surface area (Å²) in [7, 11) is 0. The Labute approximate surface area is 150 Å². The first-order valence-electron chi connectivity index (χ1n) is 8.15. The largest absolute Gasteiger partial charge is 0.452 e. The van der Waals surface area contributed by atoms with E-state index in [1.807, 2.05) is 36.4 Å². The summed E-state index contributed by atoms with van der Waals surface area (Å²) in [5, 5.41) is 2.95. The third-order valence-corrected chi connectivity index (χ3v) is 3.92. The number of H-pyrrole nitrogens is 1. The number of carbonyl (C=O) groups excluding carboxylic acids is 3. The molecule has 2 aromatic carbocycles. The summed E-state index contributed by atoms with van der Waals surface area (Å²) < 4.78 is 5.07. The third kappa shape index (κ3) is 3.97. The number of aromatic nitrogens is 1. The summed E-state index contributed by atoms with van der Waals surface area (Å²) in [6.45, 7) is 1.25. The van der Waals surface area contributed by atoms with Gasteiger partial charge in [-0.05, 0) is 18.6 Å². The average Bonchev–Trinajstić information content (AvgIpc) is 2.96. The molecule has 0 fully saturated rings. The molecule has 2 N–H and O–H groups in total. The zero-order valence-corrected chi connectivity index (χ0v) is 14.2. The van der Waals surface area contributed by atoms with Gasteiger partial charge in [0.15, 0.2) is 6.61 Å². The Morgan fingerprint density at radius 2 is 1.65 bits per heavy atom. The van der Waals surface area contributed by atoms with Gasteiger partial charge in [-0.3, -0.25) is 14.9 Å². The normalized spacial score (nSPS) is 10.5. The monoisotopic (exact) mass is 350 g/mol. The lowest BCUT2D eigenvalue weighted by Crippen LogP contribution is -2.35. The van der Waals surface area contributed by atoms with Crippen LogP contribution in [0.2, 0.25) is 0 Å². The van der Waals surface area contributed by atoms with E-state index in [1.54, 1.807) is 25.1 Å². The van der Waals surface area contributed by atoms with Gasteiger partial charge in [0.1, 0.15) is 0 Å². The van der Waals surface area contributed by atoms with Crippen LogP contribution in [0, 0.1) is 6.92 Å². The number of para-hydroxylation sites is 1. The first kappa shape index (κ1) is 17.4. The highest BCUT2D eigenvalue weighted by molar-refractivity contribution is 6.06. The maximum absolute atomic E-state index is 12.3. The van der Waals surface area contributed by atoms with Crippen LogP contribution in [-0.4, -0.2) is 29.4 Å². The van der Waals surface area contributed by atoms with Gasteiger partial charge in [-0.25, -0.2) is 4.79 Å². The molecule has 0 saturated heterocycles. The van der Waals surface area contributed by atoms with Crippen LogP contribution in [0.15, 0.2) is 54.6 Å². The van der Waals surface area contributed by atoms with Gasteiger partial charge in [-0.2, -0.15) is 0 Å². The number of imide groups is 1. The number of rotatable bonds is 5. The number of carbonyl (C=O) groups is 3. The number of esters is 1. The molecule has 2 amide bonds. The van der Waals surface area contributed by atoms with Crippen LogP contribution in [0.3, 0.4) is 0 Å². The highest BCUT2D eigenvalue weighted by Crippen LogP contribution is 2.22. The first-order valence-corrected chi connectivity index (χ1v) is 8.15. The Bertz CT molecular complexity index is 960. The topological polar surface area (TPSA) is 88.3 Å². The number of nitrogens with one attached hydrogen (secondary N) is 2. The van der Waals surface area contributed by atoms with Crippen LogP contribution >= 0.6 is 0 Å². The molecule has 0 radical (unpaired) electrons. The van der Waals surface area contributed by atoms with E-state index in [1.165, 1.54) is 0 Å². The fourth-order valence-corrected chi connectivity index (χ4v) is 2.76. The molecule has 0 bridgehead atoms. The molecule has 6 nitrogen and oxygen atoms in total. The van der Waals surface area contributed by atoms with Crippen LogP contribution in [0.1, 0.15) is 21.6 Å². The molecular weight excluding hydrogens is 332 g/mol. The number of ether oxygens (including phenoxy) is 1. The summed E-state index contributed by atoms with van der Waals surface area (Å²) in [5.41, 5.74) is 2.67. The van der Waals surface area contributed by atoms with Crippen molar-refractivity contribution < 1.29 is 19.1 Å². The standard InChI is InChI=1S/C20H18N2O4/c1-13-19(15-9-5-6-10-16(15)21-13)20(25)26-12-18(24)22-17(23)11-14-7-3-2-4-8-14/h2-10,21H,11-12H2,1H3,(H,22,23,24). The van der Waals surface area contributed by atoms with Gasteiger partial charge in [0.25, 0.3) is 5.91 Å². The number of aromatic amines is 1. The zero-order valence-electron chi connectivity index (χ0n) is 14.2. The zero-order chi connectivity index (χ0) is 18.5. The van der Waals surface area contributed by atoms with Crippen molar-refractivity contribution in [3.8, 4) is 0 Å². The molecule has 0 saturated carbocycles. The van der Waals surface area contributed by atoms with Crippen LogP contribution in [0.4, 0.5) is 0 Å². The number of hydrogen-bond acceptors (Lipinski definition) is 4. The highest BCUT2D eigenvalue weighted by Gasteiger charge is 2.18. The van der Waals surface area contributed by atoms with Gasteiger partial charge >= 0.3 is 5.97 Å². The lowest BCUT2D eigenvalue weighted by Gasteiger charge is -2.06. The molecule has 3 aromatic rings. The van der Waals surface area contributed by atoms with E-state index in [0.717, 1.165) is 16.5 Å². The van der Waals surface area contributed by atoms with E-state index in [0.29, 0.717) is 11.3 Å². The van der Waals surface area contributed by atoms with E-state index in [-0.39, 0.29) is 6.42 Å². The Morgan fingerprint density at radius 1 is 0.962 bits per heavy atom. The second-order valence-electron chi connectivity index (χ2n) is 5.88. The number of amides is 2. The van der Waals surface area contributed by atoms with E-state index in [4.69, 9.17) is 4.74 Å².